The largest absolute Gasteiger partial charge is 0.340 e. The summed E-state index contributed by atoms with van der Waals surface area (Å²) in [7, 11) is 0. The van der Waals surface area contributed by atoms with Crippen molar-refractivity contribution < 1.29 is 4.79 Å². The number of thioether (sulfide) groups is 1. The van der Waals surface area contributed by atoms with Crippen molar-refractivity contribution in [3.05, 3.63) is 33.2 Å². The van der Waals surface area contributed by atoms with Gasteiger partial charge in [0.1, 0.15) is 0 Å². The molecule has 0 spiro atoms. The van der Waals surface area contributed by atoms with Crippen molar-refractivity contribution in [2.75, 3.05) is 5.75 Å². The lowest BCUT2D eigenvalue weighted by Gasteiger charge is -1.96. The van der Waals surface area contributed by atoms with Gasteiger partial charge >= 0.3 is 0 Å². The molecule has 0 fully saturated rings. The second-order valence-electron chi connectivity index (χ2n) is 2.70. The topological polar surface area (TPSA) is 45.8 Å². The van der Waals surface area contributed by atoms with E-state index in [0.717, 1.165) is 14.5 Å². The fraction of sp³-hybridized carbons (Fsp3) is 0.111. The van der Waals surface area contributed by atoms with Gasteiger partial charge in [0, 0.05) is 16.9 Å². The molecule has 6 heteroatoms. The Bertz CT molecular complexity index is 452. The summed E-state index contributed by atoms with van der Waals surface area (Å²) in [5.74, 6) is 0.533. The second-order valence-corrected chi connectivity index (χ2v) is 5.44. The molecule has 2 rings (SSSR count). The van der Waals surface area contributed by atoms with E-state index in [1.165, 1.54) is 23.1 Å². The van der Waals surface area contributed by atoms with Gasteiger partial charge in [0.25, 0.3) is 0 Å². The number of carbonyl (C=O) groups is 1. The fourth-order valence-corrected chi connectivity index (χ4v) is 3.35. The molecule has 0 aromatic carbocycles. The number of imidazole rings is 1. The highest BCUT2D eigenvalue weighted by Crippen LogP contribution is 2.25. The van der Waals surface area contributed by atoms with Crippen LogP contribution in [-0.2, 0) is 0 Å². The Morgan fingerprint density at radius 3 is 3.13 bits per heavy atom. The highest BCUT2D eigenvalue weighted by atomic mass is 79.9. The maximum atomic E-state index is 11.7. The number of hydrogen-bond donors (Lipinski definition) is 1. The van der Waals surface area contributed by atoms with E-state index in [1.807, 2.05) is 11.4 Å². The first-order valence-corrected chi connectivity index (χ1v) is 6.81. The number of hydrogen-bond acceptors (Lipinski definition) is 4. The van der Waals surface area contributed by atoms with E-state index in [-0.39, 0.29) is 5.78 Å². The van der Waals surface area contributed by atoms with Crippen LogP contribution >= 0.6 is 39.0 Å². The number of ketones is 1. The minimum atomic E-state index is 0.123. The van der Waals surface area contributed by atoms with E-state index < -0.39 is 0 Å². The molecule has 3 nitrogen and oxygen atoms in total. The van der Waals surface area contributed by atoms with Crippen molar-refractivity contribution in [1.29, 1.82) is 0 Å². The monoisotopic (exact) mass is 302 g/mol. The molecule has 0 radical (unpaired) electrons. The van der Waals surface area contributed by atoms with Crippen LogP contribution in [0.3, 0.4) is 0 Å². The van der Waals surface area contributed by atoms with E-state index in [1.54, 1.807) is 12.4 Å². The van der Waals surface area contributed by atoms with Crippen molar-refractivity contribution in [3.8, 4) is 0 Å². The van der Waals surface area contributed by atoms with E-state index in [0.29, 0.717) is 5.75 Å². The number of aromatic nitrogens is 2. The predicted molar refractivity (Wildman–Crippen MR) is 65.7 cm³/mol. The van der Waals surface area contributed by atoms with E-state index in [9.17, 15) is 4.79 Å². The van der Waals surface area contributed by atoms with Gasteiger partial charge in [-0.15, -0.1) is 11.3 Å². The van der Waals surface area contributed by atoms with Gasteiger partial charge in [-0.3, -0.25) is 4.79 Å². The summed E-state index contributed by atoms with van der Waals surface area (Å²) in [5, 5.41) is 2.67. The van der Waals surface area contributed by atoms with Gasteiger partial charge in [0.05, 0.1) is 10.6 Å². The zero-order valence-electron chi connectivity index (χ0n) is 7.57. The molecular weight excluding hydrogens is 296 g/mol. The molecule has 2 heterocycles. The fourth-order valence-electron chi connectivity index (χ4n) is 1.02. The summed E-state index contributed by atoms with van der Waals surface area (Å²) < 4.78 is 0.873. The number of halogens is 1. The molecule has 0 atom stereocenters. The molecule has 1 N–H and O–H groups in total. The average Bonchev–Trinajstić information content (AvgIpc) is 2.84. The average molecular weight is 303 g/mol. The quantitative estimate of drug-likeness (QED) is 0.697. The van der Waals surface area contributed by atoms with Gasteiger partial charge in [0.15, 0.2) is 10.9 Å². The Morgan fingerprint density at radius 2 is 2.53 bits per heavy atom. The first-order valence-electron chi connectivity index (χ1n) is 4.16. The molecule has 78 valence electrons. The lowest BCUT2D eigenvalue weighted by atomic mass is 10.3. The Kier molecular flexibility index (Phi) is 3.61. The lowest BCUT2D eigenvalue weighted by Crippen LogP contribution is -2.00. The molecule has 0 aliphatic heterocycles. The standard InChI is InChI=1S/C9H7BrN2OS2/c10-6-1-4-14-8(6)7(13)5-15-9-11-2-3-12-9/h1-4H,5H2,(H,11,12). The van der Waals surface area contributed by atoms with Gasteiger partial charge in [-0.25, -0.2) is 4.98 Å². The first kappa shape index (κ1) is 10.9. The molecule has 0 unspecified atom stereocenters. The molecule has 15 heavy (non-hydrogen) atoms. The number of H-pyrrole nitrogens is 1. The Hall–Kier alpha value is -0.590. The maximum absolute atomic E-state index is 11.7. The van der Waals surface area contributed by atoms with E-state index in [2.05, 4.69) is 25.9 Å². The van der Waals surface area contributed by atoms with Crippen molar-refractivity contribution in [2.24, 2.45) is 0 Å². The number of carbonyl (C=O) groups excluding carboxylic acids is 1. The van der Waals surface area contributed by atoms with Crippen LogP contribution in [-0.4, -0.2) is 21.5 Å². The summed E-state index contributed by atoms with van der Waals surface area (Å²) in [5.41, 5.74) is 0. The van der Waals surface area contributed by atoms with E-state index >= 15 is 0 Å². The van der Waals surface area contributed by atoms with E-state index in [4.69, 9.17) is 0 Å². The normalized spacial score (nSPS) is 10.5. The summed E-state index contributed by atoms with van der Waals surface area (Å²) >= 11 is 6.21. The Balaban J connectivity index is 1.96. The van der Waals surface area contributed by atoms with Crippen LogP contribution < -0.4 is 0 Å². The smallest absolute Gasteiger partial charge is 0.184 e. The highest BCUT2D eigenvalue weighted by Gasteiger charge is 2.12. The Morgan fingerprint density at radius 1 is 1.67 bits per heavy atom. The van der Waals surface area contributed by atoms with Crippen molar-refractivity contribution in [2.45, 2.75) is 5.16 Å². The summed E-state index contributed by atoms with van der Waals surface area (Å²) in [6, 6.07) is 1.88. The van der Waals surface area contributed by atoms with Gasteiger partial charge in [-0.1, -0.05) is 11.8 Å². The minimum Gasteiger partial charge on any atom is -0.340 e. The highest BCUT2D eigenvalue weighted by molar-refractivity contribution is 9.10. The van der Waals surface area contributed by atoms with Gasteiger partial charge in [-0.2, -0.15) is 0 Å². The third-order valence-electron chi connectivity index (χ3n) is 1.68. The molecular formula is C9H7BrN2OS2. The van der Waals surface area contributed by atoms with Gasteiger partial charge in [0.2, 0.25) is 0 Å². The number of thiophene rings is 1. The third kappa shape index (κ3) is 2.70. The number of nitrogens with zero attached hydrogens (tertiary/aromatic N) is 1. The van der Waals surface area contributed by atoms with Crippen LogP contribution in [0.15, 0.2) is 33.5 Å². The lowest BCUT2D eigenvalue weighted by molar-refractivity contribution is 0.102. The summed E-state index contributed by atoms with van der Waals surface area (Å²) in [4.78, 5) is 19.5. The molecule has 0 aliphatic carbocycles. The molecule has 2 aromatic rings. The zero-order valence-corrected chi connectivity index (χ0v) is 10.8. The van der Waals surface area contributed by atoms with Crippen LogP contribution in [0.4, 0.5) is 0 Å². The molecule has 0 bridgehead atoms. The zero-order chi connectivity index (χ0) is 10.7. The minimum absolute atomic E-state index is 0.123. The molecule has 2 aromatic heterocycles. The van der Waals surface area contributed by atoms with Crippen molar-refractivity contribution in [3.63, 3.8) is 0 Å². The van der Waals surface area contributed by atoms with Crippen LogP contribution in [0.25, 0.3) is 0 Å². The van der Waals surface area contributed by atoms with Crippen molar-refractivity contribution in [1.82, 2.24) is 9.97 Å². The summed E-state index contributed by atoms with van der Waals surface area (Å²) in [6.45, 7) is 0. The number of aromatic amines is 1. The molecule has 0 amide bonds. The van der Waals surface area contributed by atoms with Gasteiger partial charge < -0.3 is 4.98 Å². The third-order valence-corrected chi connectivity index (χ3v) is 4.47. The predicted octanol–water partition coefficient (Wildman–Crippen LogP) is 3.21. The SMILES string of the molecule is O=C(CSc1ncc[nH]1)c1sccc1Br. The number of Topliss-reactive ketones (excluding diaryl/α,β-unsaturated/α-hetero) is 1. The molecule has 0 saturated heterocycles. The Labute approximate surface area is 103 Å². The molecule has 0 aliphatic rings. The maximum Gasteiger partial charge on any atom is 0.184 e. The van der Waals surface area contributed by atoms with Crippen LogP contribution in [0, 0.1) is 0 Å². The second kappa shape index (κ2) is 4.96. The van der Waals surface area contributed by atoms with Crippen LogP contribution in [0.2, 0.25) is 0 Å². The number of nitrogens with one attached hydrogen (secondary N) is 1. The summed E-state index contributed by atoms with van der Waals surface area (Å²) in [6.07, 6.45) is 3.42. The van der Waals surface area contributed by atoms with Crippen LogP contribution in [0.5, 0.6) is 0 Å². The van der Waals surface area contributed by atoms with Gasteiger partial charge in [-0.05, 0) is 27.4 Å². The first-order chi connectivity index (χ1) is 7.27. The molecule has 0 saturated carbocycles. The number of rotatable bonds is 4. The van der Waals surface area contributed by atoms with Crippen LogP contribution in [0.1, 0.15) is 9.67 Å². The van der Waals surface area contributed by atoms with Crippen molar-refractivity contribution >= 4 is 44.8 Å².